The second-order valence-corrected chi connectivity index (χ2v) is 6.63. The third kappa shape index (κ3) is 3.18. The maximum atomic E-state index is 5.23. The van der Waals surface area contributed by atoms with Gasteiger partial charge in [0.25, 0.3) is 0 Å². The van der Waals surface area contributed by atoms with E-state index in [0.717, 1.165) is 5.56 Å². The number of furan rings is 1. The van der Waals surface area contributed by atoms with Gasteiger partial charge in [-0.3, -0.25) is 0 Å². The number of fused-ring (bicyclic) bond motifs is 5. The first kappa shape index (κ1) is 15.9. The first-order valence-electron chi connectivity index (χ1n) is 9.00. The Labute approximate surface area is 148 Å². The minimum Gasteiger partial charge on any atom is -0.472 e. The van der Waals surface area contributed by atoms with E-state index < -0.39 is 0 Å². The largest absolute Gasteiger partial charge is 0.472 e. The van der Waals surface area contributed by atoms with Gasteiger partial charge in [0, 0.05) is 12.1 Å². The second kappa shape index (κ2) is 7.12. The van der Waals surface area contributed by atoms with Gasteiger partial charge in [-0.15, -0.1) is 0 Å². The molecule has 1 aromatic heterocycles. The lowest BCUT2D eigenvalue weighted by atomic mass is 9.86. The van der Waals surface area contributed by atoms with Gasteiger partial charge >= 0.3 is 0 Å². The standard InChI is InChI=1S/C18H16.C5H7NO/c1-3-7-15-13(5-1)9-11-18-16-8-4-2-6-14(16)10-12-17(15)18;6-3-5-1-2-7-4-5/h1,3,5,7,9-12H,2,4,6,8H2;1-2,4H,3,6H2. The molecule has 2 nitrogen and oxygen atoms in total. The van der Waals surface area contributed by atoms with Crippen LogP contribution in [-0.4, -0.2) is 0 Å². The molecule has 0 saturated heterocycles. The lowest BCUT2D eigenvalue weighted by Crippen LogP contribution is -2.02. The van der Waals surface area contributed by atoms with Crippen LogP contribution in [0.1, 0.15) is 29.5 Å². The summed E-state index contributed by atoms with van der Waals surface area (Å²) in [5, 5.41) is 5.64. The van der Waals surface area contributed by atoms with Gasteiger partial charge in [-0.25, -0.2) is 0 Å². The molecule has 0 aliphatic heterocycles. The van der Waals surface area contributed by atoms with Crippen molar-refractivity contribution in [3.05, 3.63) is 83.8 Å². The number of hydrogen-bond donors (Lipinski definition) is 1. The molecule has 2 heteroatoms. The number of aryl methyl sites for hydroxylation is 2. The van der Waals surface area contributed by atoms with Gasteiger partial charge in [0.05, 0.1) is 12.5 Å². The molecule has 1 aliphatic rings. The van der Waals surface area contributed by atoms with Gasteiger partial charge in [-0.2, -0.15) is 0 Å². The lowest BCUT2D eigenvalue weighted by Gasteiger charge is -2.18. The Balaban J connectivity index is 0.000000190. The molecular weight excluding hydrogens is 306 g/mol. The van der Waals surface area contributed by atoms with E-state index in [-0.39, 0.29) is 0 Å². The third-order valence-electron chi connectivity index (χ3n) is 5.07. The van der Waals surface area contributed by atoms with Crippen molar-refractivity contribution < 1.29 is 4.42 Å². The van der Waals surface area contributed by atoms with E-state index in [0.29, 0.717) is 6.54 Å². The zero-order valence-electron chi connectivity index (χ0n) is 14.4. The molecule has 25 heavy (non-hydrogen) atoms. The fraction of sp³-hybridized carbons (Fsp3) is 0.217. The Kier molecular flexibility index (Phi) is 4.53. The first-order chi connectivity index (χ1) is 12.4. The van der Waals surface area contributed by atoms with Crippen LogP contribution in [0.25, 0.3) is 21.5 Å². The topological polar surface area (TPSA) is 39.2 Å². The minimum absolute atomic E-state index is 0.566. The minimum atomic E-state index is 0.566. The summed E-state index contributed by atoms with van der Waals surface area (Å²) in [4.78, 5) is 0. The molecule has 0 bridgehead atoms. The quantitative estimate of drug-likeness (QED) is 0.461. The van der Waals surface area contributed by atoms with Crippen LogP contribution in [-0.2, 0) is 19.4 Å². The Hall–Kier alpha value is -2.58. The van der Waals surface area contributed by atoms with Crippen LogP contribution in [0.3, 0.4) is 0 Å². The van der Waals surface area contributed by atoms with Crippen molar-refractivity contribution in [3.8, 4) is 0 Å². The Morgan fingerprint density at radius 3 is 2.44 bits per heavy atom. The molecule has 0 spiro atoms. The van der Waals surface area contributed by atoms with Crippen molar-refractivity contribution in [3.63, 3.8) is 0 Å². The molecule has 0 amide bonds. The fourth-order valence-corrected chi connectivity index (χ4v) is 3.75. The van der Waals surface area contributed by atoms with Gasteiger partial charge < -0.3 is 10.2 Å². The second-order valence-electron chi connectivity index (χ2n) is 6.63. The van der Waals surface area contributed by atoms with E-state index in [1.807, 2.05) is 6.07 Å². The van der Waals surface area contributed by atoms with Crippen molar-refractivity contribution in [2.24, 2.45) is 5.73 Å². The van der Waals surface area contributed by atoms with Gasteiger partial charge in [-0.1, -0.05) is 48.5 Å². The van der Waals surface area contributed by atoms with Gasteiger partial charge in [0.2, 0.25) is 0 Å². The highest BCUT2D eigenvalue weighted by Gasteiger charge is 2.13. The fourth-order valence-electron chi connectivity index (χ4n) is 3.75. The summed E-state index contributed by atoms with van der Waals surface area (Å²) in [6.07, 6.45) is 8.47. The SMILES string of the molecule is NCc1ccoc1.c1ccc2c(c1)ccc1c3c(ccc12)CCCC3. The van der Waals surface area contributed by atoms with E-state index in [4.69, 9.17) is 10.2 Å². The van der Waals surface area contributed by atoms with E-state index in [9.17, 15) is 0 Å². The predicted octanol–water partition coefficient (Wildman–Crippen LogP) is 5.61. The van der Waals surface area contributed by atoms with Gasteiger partial charge in [0.15, 0.2) is 0 Å². The van der Waals surface area contributed by atoms with Crippen molar-refractivity contribution in [1.82, 2.24) is 0 Å². The Bertz CT molecular complexity index is 986. The number of benzene rings is 3. The molecular formula is C23H23NO. The van der Waals surface area contributed by atoms with Crippen LogP contribution in [0.4, 0.5) is 0 Å². The van der Waals surface area contributed by atoms with Crippen molar-refractivity contribution in [2.75, 3.05) is 0 Å². The van der Waals surface area contributed by atoms with E-state index in [1.165, 1.54) is 47.2 Å². The number of rotatable bonds is 1. The molecule has 3 aromatic carbocycles. The molecule has 1 aliphatic carbocycles. The first-order valence-corrected chi connectivity index (χ1v) is 9.00. The van der Waals surface area contributed by atoms with Crippen LogP contribution in [0.2, 0.25) is 0 Å². The summed E-state index contributed by atoms with van der Waals surface area (Å²) in [5.74, 6) is 0. The third-order valence-corrected chi connectivity index (χ3v) is 5.07. The molecule has 4 aromatic rings. The average Bonchev–Trinajstić information content (AvgIpc) is 3.22. The molecule has 126 valence electrons. The lowest BCUT2D eigenvalue weighted by molar-refractivity contribution is 0.564. The Morgan fingerprint density at radius 2 is 1.64 bits per heavy atom. The summed E-state index contributed by atoms with van der Waals surface area (Å²) >= 11 is 0. The van der Waals surface area contributed by atoms with E-state index in [2.05, 4.69) is 48.5 Å². The summed E-state index contributed by atoms with van der Waals surface area (Å²) in [7, 11) is 0. The van der Waals surface area contributed by atoms with Crippen LogP contribution < -0.4 is 5.73 Å². The van der Waals surface area contributed by atoms with E-state index in [1.54, 1.807) is 23.7 Å². The van der Waals surface area contributed by atoms with Crippen molar-refractivity contribution >= 4 is 21.5 Å². The number of hydrogen-bond acceptors (Lipinski definition) is 2. The molecule has 0 fully saturated rings. The van der Waals surface area contributed by atoms with Crippen LogP contribution >= 0.6 is 0 Å². The average molecular weight is 329 g/mol. The van der Waals surface area contributed by atoms with Crippen molar-refractivity contribution in [2.45, 2.75) is 32.2 Å². The van der Waals surface area contributed by atoms with Gasteiger partial charge in [0.1, 0.15) is 0 Å². The highest BCUT2D eigenvalue weighted by molar-refractivity contribution is 6.08. The highest BCUT2D eigenvalue weighted by Crippen LogP contribution is 2.33. The van der Waals surface area contributed by atoms with Gasteiger partial charge in [-0.05, 0) is 64.4 Å². The molecule has 5 rings (SSSR count). The van der Waals surface area contributed by atoms with Crippen LogP contribution in [0, 0.1) is 0 Å². The summed E-state index contributed by atoms with van der Waals surface area (Å²) < 4.78 is 4.73. The molecule has 1 heterocycles. The maximum Gasteiger partial charge on any atom is 0.0947 e. The summed E-state index contributed by atoms with van der Waals surface area (Å²) in [5.41, 5.74) is 9.45. The Morgan fingerprint density at radius 1 is 0.800 bits per heavy atom. The smallest absolute Gasteiger partial charge is 0.0947 e. The molecule has 0 saturated carbocycles. The molecule has 0 atom stereocenters. The zero-order chi connectivity index (χ0) is 17.1. The summed E-state index contributed by atoms with van der Waals surface area (Å²) in [6.45, 7) is 0.566. The number of nitrogens with two attached hydrogens (primary N) is 1. The zero-order valence-corrected chi connectivity index (χ0v) is 14.4. The van der Waals surface area contributed by atoms with Crippen LogP contribution in [0.5, 0.6) is 0 Å². The maximum absolute atomic E-state index is 5.23. The normalized spacial score (nSPS) is 13.3. The monoisotopic (exact) mass is 329 g/mol. The summed E-state index contributed by atoms with van der Waals surface area (Å²) in [6, 6.07) is 19.8. The predicted molar refractivity (Wildman–Crippen MR) is 105 cm³/mol. The highest BCUT2D eigenvalue weighted by atomic mass is 16.3. The molecule has 2 N–H and O–H groups in total. The van der Waals surface area contributed by atoms with Crippen LogP contribution in [0.15, 0.2) is 71.5 Å². The van der Waals surface area contributed by atoms with Crippen molar-refractivity contribution in [1.29, 1.82) is 0 Å². The molecule has 0 radical (unpaired) electrons. The van der Waals surface area contributed by atoms with E-state index >= 15 is 0 Å². The molecule has 0 unspecified atom stereocenters.